The van der Waals surface area contributed by atoms with Crippen LogP contribution >= 0.6 is 0 Å². The number of nitrogens with zero attached hydrogens (tertiary/aromatic N) is 1. The van der Waals surface area contributed by atoms with E-state index in [0.29, 0.717) is 6.54 Å². The zero-order valence-electron chi connectivity index (χ0n) is 11.4. The van der Waals surface area contributed by atoms with E-state index in [2.05, 4.69) is 5.32 Å². The quantitative estimate of drug-likeness (QED) is 0.792. The van der Waals surface area contributed by atoms with Crippen LogP contribution in [0, 0.1) is 0 Å². The van der Waals surface area contributed by atoms with Crippen molar-refractivity contribution < 1.29 is 9.59 Å². The predicted molar refractivity (Wildman–Crippen MR) is 74.3 cm³/mol. The Morgan fingerprint density at radius 2 is 1.95 bits per heavy atom. The Bertz CT molecular complexity index is 420. The number of benzene rings is 1. The molecule has 1 aromatic rings. The van der Waals surface area contributed by atoms with E-state index in [1.165, 1.54) is 4.90 Å². The van der Waals surface area contributed by atoms with E-state index in [1.807, 2.05) is 37.3 Å². The number of carbonyl (C=O) groups excluding carboxylic acids is 2. The van der Waals surface area contributed by atoms with Crippen LogP contribution in [0.4, 0.5) is 0 Å². The minimum atomic E-state index is -0.340. The fraction of sp³-hybridized carbons (Fsp3) is 0.429. The summed E-state index contributed by atoms with van der Waals surface area (Å²) >= 11 is 0. The molecule has 0 aliphatic rings. The van der Waals surface area contributed by atoms with Gasteiger partial charge in [0.15, 0.2) is 0 Å². The second kappa shape index (κ2) is 7.53. The van der Waals surface area contributed by atoms with Crippen LogP contribution in [0.5, 0.6) is 0 Å². The van der Waals surface area contributed by atoms with E-state index in [0.717, 1.165) is 5.56 Å². The molecular weight excluding hydrogens is 242 g/mol. The molecule has 1 rings (SSSR count). The highest BCUT2D eigenvalue weighted by Gasteiger charge is 2.18. The normalized spacial score (nSPS) is 11.7. The SMILES string of the molecule is CCN(CC(=O)NC)C(=O)CC(N)c1ccccc1. The lowest BCUT2D eigenvalue weighted by Gasteiger charge is -2.22. The number of nitrogens with two attached hydrogens (primary N) is 1. The van der Waals surface area contributed by atoms with Gasteiger partial charge in [-0.2, -0.15) is 0 Å². The second-order valence-corrected chi connectivity index (χ2v) is 4.30. The van der Waals surface area contributed by atoms with E-state index >= 15 is 0 Å². The average Bonchev–Trinajstić information content (AvgIpc) is 2.45. The molecule has 0 aliphatic heterocycles. The molecule has 19 heavy (non-hydrogen) atoms. The molecule has 1 atom stereocenters. The van der Waals surface area contributed by atoms with Crippen LogP contribution in [0.15, 0.2) is 30.3 Å². The summed E-state index contributed by atoms with van der Waals surface area (Å²) in [6, 6.07) is 9.14. The lowest BCUT2D eigenvalue weighted by Crippen LogP contribution is -2.40. The van der Waals surface area contributed by atoms with Gasteiger partial charge in [0.05, 0.1) is 6.54 Å². The molecule has 2 amide bonds. The molecule has 5 nitrogen and oxygen atoms in total. The molecule has 1 aromatic carbocycles. The van der Waals surface area contributed by atoms with Gasteiger partial charge in [0.2, 0.25) is 11.8 Å². The third-order valence-electron chi connectivity index (χ3n) is 2.97. The van der Waals surface area contributed by atoms with E-state index in [1.54, 1.807) is 7.05 Å². The molecule has 5 heteroatoms. The fourth-order valence-corrected chi connectivity index (χ4v) is 1.76. The summed E-state index contributed by atoms with van der Waals surface area (Å²) in [6.07, 6.45) is 0.203. The van der Waals surface area contributed by atoms with Crippen molar-refractivity contribution in [2.24, 2.45) is 5.73 Å². The van der Waals surface area contributed by atoms with Crippen LogP contribution in [-0.2, 0) is 9.59 Å². The third kappa shape index (κ3) is 4.71. The molecular formula is C14H21N3O2. The van der Waals surface area contributed by atoms with Crippen molar-refractivity contribution in [1.29, 1.82) is 0 Å². The minimum Gasteiger partial charge on any atom is -0.358 e. The first-order valence-electron chi connectivity index (χ1n) is 6.37. The molecule has 0 bridgehead atoms. The molecule has 0 spiro atoms. The number of carbonyl (C=O) groups is 2. The van der Waals surface area contributed by atoms with E-state index in [4.69, 9.17) is 5.73 Å². The number of hydrogen-bond acceptors (Lipinski definition) is 3. The van der Waals surface area contributed by atoms with Gasteiger partial charge in [-0.15, -0.1) is 0 Å². The number of amides is 2. The first-order valence-corrected chi connectivity index (χ1v) is 6.37. The maximum Gasteiger partial charge on any atom is 0.239 e. The van der Waals surface area contributed by atoms with Crippen molar-refractivity contribution in [3.63, 3.8) is 0 Å². The Hall–Kier alpha value is -1.88. The van der Waals surface area contributed by atoms with Crippen LogP contribution in [0.1, 0.15) is 24.9 Å². The highest BCUT2D eigenvalue weighted by Crippen LogP contribution is 2.14. The first-order chi connectivity index (χ1) is 9.08. The van der Waals surface area contributed by atoms with Crippen LogP contribution < -0.4 is 11.1 Å². The Balaban J connectivity index is 2.59. The smallest absolute Gasteiger partial charge is 0.239 e. The Labute approximate surface area is 113 Å². The van der Waals surface area contributed by atoms with Crippen molar-refractivity contribution in [3.05, 3.63) is 35.9 Å². The predicted octanol–water partition coefficient (Wildman–Crippen LogP) is 0.671. The number of likely N-dealkylation sites (N-methyl/N-ethyl adjacent to an activating group) is 2. The van der Waals surface area contributed by atoms with Gasteiger partial charge in [0.1, 0.15) is 0 Å². The first kappa shape index (κ1) is 15.2. The van der Waals surface area contributed by atoms with E-state index < -0.39 is 0 Å². The van der Waals surface area contributed by atoms with Gasteiger partial charge < -0.3 is 16.0 Å². The van der Waals surface area contributed by atoms with E-state index in [-0.39, 0.29) is 30.8 Å². The number of nitrogens with one attached hydrogen (secondary N) is 1. The summed E-state index contributed by atoms with van der Waals surface area (Å²) in [5, 5.41) is 2.51. The van der Waals surface area contributed by atoms with E-state index in [9.17, 15) is 9.59 Å². The standard InChI is InChI=1S/C14H21N3O2/c1-3-17(10-13(18)16-2)14(19)9-12(15)11-7-5-4-6-8-11/h4-8,12H,3,9-10,15H2,1-2H3,(H,16,18). The summed E-state index contributed by atoms with van der Waals surface area (Å²) in [7, 11) is 1.55. The summed E-state index contributed by atoms with van der Waals surface area (Å²) < 4.78 is 0. The van der Waals surface area contributed by atoms with Gasteiger partial charge in [-0.3, -0.25) is 9.59 Å². The Morgan fingerprint density at radius 1 is 1.32 bits per heavy atom. The minimum absolute atomic E-state index is 0.0767. The van der Waals surface area contributed by atoms with Gasteiger partial charge in [0.25, 0.3) is 0 Å². The van der Waals surface area contributed by atoms with Gasteiger partial charge in [-0.05, 0) is 12.5 Å². The molecule has 104 valence electrons. The lowest BCUT2D eigenvalue weighted by atomic mass is 10.0. The molecule has 0 saturated heterocycles. The maximum absolute atomic E-state index is 12.1. The highest BCUT2D eigenvalue weighted by atomic mass is 16.2. The van der Waals surface area contributed by atoms with Crippen molar-refractivity contribution in [1.82, 2.24) is 10.2 Å². The van der Waals surface area contributed by atoms with Crippen LogP contribution in [0.3, 0.4) is 0 Å². The number of hydrogen-bond donors (Lipinski definition) is 2. The van der Waals surface area contributed by atoms with Crippen LogP contribution in [-0.4, -0.2) is 36.9 Å². The molecule has 0 aromatic heterocycles. The van der Waals surface area contributed by atoms with Crippen molar-refractivity contribution in [2.45, 2.75) is 19.4 Å². The molecule has 0 radical (unpaired) electrons. The molecule has 1 unspecified atom stereocenters. The Morgan fingerprint density at radius 3 is 2.47 bits per heavy atom. The summed E-state index contributed by atoms with van der Waals surface area (Å²) in [4.78, 5) is 24.9. The maximum atomic E-state index is 12.1. The zero-order valence-corrected chi connectivity index (χ0v) is 11.4. The Kier molecular flexibility index (Phi) is 6.02. The molecule has 0 aliphatic carbocycles. The molecule has 0 fully saturated rings. The molecule has 3 N–H and O–H groups in total. The summed E-state index contributed by atoms with van der Waals surface area (Å²) in [6.45, 7) is 2.41. The van der Waals surface area contributed by atoms with Gasteiger partial charge in [-0.25, -0.2) is 0 Å². The number of rotatable bonds is 6. The van der Waals surface area contributed by atoms with Crippen molar-refractivity contribution in [2.75, 3.05) is 20.1 Å². The van der Waals surface area contributed by atoms with Gasteiger partial charge >= 0.3 is 0 Å². The summed E-state index contributed by atoms with van der Waals surface area (Å²) in [5.41, 5.74) is 6.93. The summed E-state index contributed by atoms with van der Waals surface area (Å²) in [5.74, 6) is -0.286. The largest absolute Gasteiger partial charge is 0.358 e. The second-order valence-electron chi connectivity index (χ2n) is 4.30. The topological polar surface area (TPSA) is 75.4 Å². The van der Waals surface area contributed by atoms with Crippen molar-refractivity contribution >= 4 is 11.8 Å². The highest BCUT2D eigenvalue weighted by molar-refractivity contribution is 5.84. The monoisotopic (exact) mass is 263 g/mol. The zero-order chi connectivity index (χ0) is 14.3. The third-order valence-corrected chi connectivity index (χ3v) is 2.97. The van der Waals surface area contributed by atoms with Gasteiger partial charge in [0, 0.05) is 26.1 Å². The fourth-order valence-electron chi connectivity index (χ4n) is 1.76. The van der Waals surface area contributed by atoms with Crippen LogP contribution in [0.2, 0.25) is 0 Å². The lowest BCUT2D eigenvalue weighted by molar-refractivity contribution is -0.136. The molecule has 0 heterocycles. The molecule has 0 saturated carbocycles. The van der Waals surface area contributed by atoms with Crippen molar-refractivity contribution in [3.8, 4) is 0 Å². The average molecular weight is 263 g/mol. The van der Waals surface area contributed by atoms with Gasteiger partial charge in [-0.1, -0.05) is 30.3 Å². The van der Waals surface area contributed by atoms with Crippen LogP contribution in [0.25, 0.3) is 0 Å².